The summed E-state index contributed by atoms with van der Waals surface area (Å²) >= 11 is 0. The molecule has 0 atom stereocenters. The average molecular weight is 425 g/mol. The van der Waals surface area contributed by atoms with Crippen molar-refractivity contribution < 1.29 is 17.9 Å². The molecule has 2 N–H and O–H groups in total. The maximum Gasteiger partial charge on any atom is 0.261 e. The fourth-order valence-electron chi connectivity index (χ4n) is 3.05. The Kier molecular flexibility index (Phi) is 6.54. The Labute approximate surface area is 177 Å². The third kappa shape index (κ3) is 5.06. The lowest BCUT2D eigenvalue weighted by Gasteiger charge is -2.14. The monoisotopic (exact) mass is 424 g/mol. The highest BCUT2D eigenvalue weighted by molar-refractivity contribution is 7.92. The highest BCUT2D eigenvalue weighted by atomic mass is 32.2. The van der Waals surface area contributed by atoms with Crippen molar-refractivity contribution in [1.82, 2.24) is 0 Å². The number of sulfonamides is 1. The van der Waals surface area contributed by atoms with E-state index >= 15 is 0 Å². The van der Waals surface area contributed by atoms with E-state index in [4.69, 9.17) is 4.74 Å². The summed E-state index contributed by atoms with van der Waals surface area (Å²) in [6, 6.07) is 18.9. The largest absolute Gasteiger partial charge is 0.380 e. The van der Waals surface area contributed by atoms with Gasteiger partial charge in [-0.3, -0.25) is 9.52 Å². The normalized spacial score (nSPS) is 11.2. The smallest absolute Gasteiger partial charge is 0.261 e. The fourth-order valence-corrected chi connectivity index (χ4v) is 4.12. The zero-order valence-electron chi connectivity index (χ0n) is 17.1. The van der Waals surface area contributed by atoms with E-state index in [0.717, 1.165) is 11.1 Å². The number of amides is 1. The van der Waals surface area contributed by atoms with Crippen LogP contribution in [0.2, 0.25) is 0 Å². The number of rotatable bonds is 7. The van der Waals surface area contributed by atoms with Gasteiger partial charge in [0.2, 0.25) is 0 Å². The van der Waals surface area contributed by atoms with Crippen LogP contribution >= 0.6 is 0 Å². The molecule has 30 heavy (non-hydrogen) atoms. The van der Waals surface area contributed by atoms with Crippen LogP contribution in [0.1, 0.15) is 27.0 Å². The van der Waals surface area contributed by atoms with E-state index in [2.05, 4.69) is 10.0 Å². The summed E-state index contributed by atoms with van der Waals surface area (Å²) in [5.41, 5.74) is 3.82. The van der Waals surface area contributed by atoms with Gasteiger partial charge >= 0.3 is 0 Å². The Morgan fingerprint density at radius 2 is 1.73 bits per heavy atom. The topological polar surface area (TPSA) is 84.5 Å². The van der Waals surface area contributed by atoms with Crippen LogP contribution in [0.15, 0.2) is 71.6 Å². The molecule has 7 heteroatoms. The summed E-state index contributed by atoms with van der Waals surface area (Å²) in [4.78, 5) is 12.9. The molecule has 0 heterocycles. The van der Waals surface area contributed by atoms with E-state index in [1.807, 2.05) is 31.2 Å². The van der Waals surface area contributed by atoms with Crippen molar-refractivity contribution in [2.24, 2.45) is 0 Å². The molecule has 3 aromatic carbocycles. The number of benzene rings is 3. The second kappa shape index (κ2) is 9.11. The van der Waals surface area contributed by atoms with Crippen LogP contribution < -0.4 is 10.0 Å². The van der Waals surface area contributed by atoms with Gasteiger partial charge < -0.3 is 10.1 Å². The van der Waals surface area contributed by atoms with Crippen molar-refractivity contribution >= 4 is 27.3 Å². The summed E-state index contributed by atoms with van der Waals surface area (Å²) in [6.45, 7) is 4.00. The Morgan fingerprint density at radius 3 is 2.47 bits per heavy atom. The molecule has 0 unspecified atom stereocenters. The van der Waals surface area contributed by atoms with Gasteiger partial charge in [-0.2, -0.15) is 0 Å². The average Bonchev–Trinajstić information content (AvgIpc) is 2.69. The van der Waals surface area contributed by atoms with E-state index < -0.39 is 10.0 Å². The molecule has 0 aliphatic rings. The van der Waals surface area contributed by atoms with Crippen LogP contribution in [0.3, 0.4) is 0 Å². The molecule has 6 nitrogen and oxygen atoms in total. The van der Waals surface area contributed by atoms with E-state index in [9.17, 15) is 13.2 Å². The molecule has 156 valence electrons. The summed E-state index contributed by atoms with van der Waals surface area (Å²) in [6.07, 6.45) is 0. The third-order valence-electron chi connectivity index (χ3n) is 4.60. The molecule has 0 saturated heterocycles. The number of ether oxygens (including phenoxy) is 1. The lowest BCUT2D eigenvalue weighted by molar-refractivity contribution is 0.102. The first-order valence-electron chi connectivity index (χ1n) is 9.38. The first kappa shape index (κ1) is 21.5. The Balaban J connectivity index is 1.88. The fraction of sp³-hybridized carbons (Fsp3) is 0.174. The molecule has 1 amide bonds. The van der Waals surface area contributed by atoms with Crippen LogP contribution in [-0.2, 0) is 21.4 Å². The van der Waals surface area contributed by atoms with Gasteiger partial charge in [0.15, 0.2) is 0 Å². The number of methoxy groups -OCH3 is 1. The number of carbonyl (C=O) groups excluding carboxylic acids is 1. The van der Waals surface area contributed by atoms with Gasteiger partial charge in [-0.25, -0.2) is 8.42 Å². The van der Waals surface area contributed by atoms with Gasteiger partial charge in [-0.05, 0) is 55.3 Å². The second-order valence-corrected chi connectivity index (χ2v) is 8.68. The second-order valence-electron chi connectivity index (χ2n) is 7.00. The van der Waals surface area contributed by atoms with Crippen molar-refractivity contribution in [3.05, 3.63) is 89.0 Å². The van der Waals surface area contributed by atoms with Crippen molar-refractivity contribution in [3.63, 3.8) is 0 Å². The lowest BCUT2D eigenvalue weighted by atomic mass is 10.1. The molecule has 0 saturated carbocycles. The Morgan fingerprint density at radius 1 is 0.967 bits per heavy atom. The number of hydrogen-bond donors (Lipinski definition) is 2. The highest BCUT2D eigenvalue weighted by Gasteiger charge is 2.19. The SMILES string of the molecule is COCc1ccccc1NC(=O)c1cc(S(=O)(=O)Nc2cccc(C)c2)ccc1C. The lowest BCUT2D eigenvalue weighted by Crippen LogP contribution is -2.17. The molecule has 0 radical (unpaired) electrons. The predicted octanol–water partition coefficient (Wildman–Crippen LogP) is 4.50. The van der Waals surface area contributed by atoms with E-state index in [1.54, 1.807) is 44.4 Å². The molecule has 3 aromatic rings. The molecule has 0 aliphatic carbocycles. The number of hydrogen-bond acceptors (Lipinski definition) is 4. The van der Waals surface area contributed by atoms with Gasteiger partial charge in [-0.1, -0.05) is 36.4 Å². The standard InChI is InChI=1S/C23H24N2O4S/c1-16-7-6-9-19(13-16)25-30(27,28)20-12-11-17(2)21(14-20)23(26)24-22-10-5-4-8-18(22)15-29-3/h4-14,25H,15H2,1-3H3,(H,24,26). The summed E-state index contributed by atoms with van der Waals surface area (Å²) < 4.78 is 33.4. The zero-order chi connectivity index (χ0) is 21.7. The highest BCUT2D eigenvalue weighted by Crippen LogP contribution is 2.22. The number of carbonyl (C=O) groups is 1. The summed E-state index contributed by atoms with van der Waals surface area (Å²) in [5.74, 6) is -0.386. The van der Waals surface area contributed by atoms with Gasteiger partial charge in [0.1, 0.15) is 0 Å². The van der Waals surface area contributed by atoms with Crippen molar-refractivity contribution in [3.8, 4) is 0 Å². The number of aryl methyl sites for hydroxylation is 2. The van der Waals surface area contributed by atoms with Crippen molar-refractivity contribution in [2.75, 3.05) is 17.1 Å². The van der Waals surface area contributed by atoms with E-state index in [1.165, 1.54) is 12.1 Å². The number of anilines is 2. The minimum Gasteiger partial charge on any atom is -0.380 e. The van der Waals surface area contributed by atoms with Crippen LogP contribution in [0.25, 0.3) is 0 Å². The first-order chi connectivity index (χ1) is 14.3. The van der Waals surface area contributed by atoms with Crippen molar-refractivity contribution in [1.29, 1.82) is 0 Å². The van der Waals surface area contributed by atoms with E-state index in [0.29, 0.717) is 23.5 Å². The molecule has 0 aliphatic heterocycles. The minimum absolute atomic E-state index is 0.0185. The first-order valence-corrected chi connectivity index (χ1v) is 10.9. The molecule has 0 spiro atoms. The molecule has 0 bridgehead atoms. The van der Waals surface area contributed by atoms with Gasteiger partial charge in [0.25, 0.3) is 15.9 Å². The Hall–Kier alpha value is -3.16. The van der Waals surface area contributed by atoms with Crippen LogP contribution in [0, 0.1) is 13.8 Å². The van der Waals surface area contributed by atoms with Crippen molar-refractivity contribution in [2.45, 2.75) is 25.3 Å². The predicted molar refractivity (Wildman–Crippen MR) is 118 cm³/mol. The molecular weight excluding hydrogens is 400 g/mol. The molecular formula is C23H24N2O4S. The van der Waals surface area contributed by atoms with Gasteiger partial charge in [0, 0.05) is 29.6 Å². The Bertz CT molecular complexity index is 1170. The molecule has 0 aromatic heterocycles. The minimum atomic E-state index is -3.84. The zero-order valence-corrected chi connectivity index (χ0v) is 17.9. The van der Waals surface area contributed by atoms with E-state index in [-0.39, 0.29) is 16.4 Å². The summed E-state index contributed by atoms with van der Waals surface area (Å²) in [7, 11) is -2.26. The maximum absolute atomic E-state index is 12.9. The number of para-hydroxylation sites is 1. The maximum atomic E-state index is 12.9. The number of nitrogens with one attached hydrogen (secondary N) is 2. The quantitative estimate of drug-likeness (QED) is 0.585. The molecule has 3 rings (SSSR count). The van der Waals surface area contributed by atoms with Crippen LogP contribution in [0.4, 0.5) is 11.4 Å². The van der Waals surface area contributed by atoms with Gasteiger partial charge in [0.05, 0.1) is 11.5 Å². The summed E-state index contributed by atoms with van der Waals surface area (Å²) in [5, 5.41) is 2.85. The van der Waals surface area contributed by atoms with Crippen LogP contribution in [0.5, 0.6) is 0 Å². The van der Waals surface area contributed by atoms with Crippen LogP contribution in [-0.4, -0.2) is 21.4 Å². The van der Waals surface area contributed by atoms with Gasteiger partial charge in [-0.15, -0.1) is 0 Å². The molecule has 0 fully saturated rings. The third-order valence-corrected chi connectivity index (χ3v) is 5.98.